The zero-order chi connectivity index (χ0) is 13.9. The Bertz CT molecular complexity index is 462. The van der Waals surface area contributed by atoms with Crippen LogP contribution < -0.4 is 11.3 Å². The van der Waals surface area contributed by atoms with Gasteiger partial charge in [0.2, 0.25) is 0 Å². The van der Waals surface area contributed by atoms with E-state index in [-0.39, 0.29) is 5.91 Å². The number of nitrogen functional groups attached to an aromatic ring is 1. The number of hydrazine groups is 1. The van der Waals surface area contributed by atoms with Gasteiger partial charge in [-0.05, 0) is 38.3 Å². The lowest BCUT2D eigenvalue weighted by Gasteiger charge is -2.22. The van der Waals surface area contributed by atoms with E-state index in [2.05, 4.69) is 10.4 Å². The largest absolute Gasteiger partial charge is 0.390 e. The summed E-state index contributed by atoms with van der Waals surface area (Å²) in [6, 6.07) is 5.11. The molecule has 1 aromatic heterocycles. The van der Waals surface area contributed by atoms with Crippen LogP contribution in [0.25, 0.3) is 0 Å². The highest BCUT2D eigenvalue weighted by Crippen LogP contribution is 2.22. The normalized spacial score (nSPS) is 23.8. The van der Waals surface area contributed by atoms with E-state index in [4.69, 9.17) is 5.84 Å². The first-order valence-corrected chi connectivity index (χ1v) is 6.47. The molecule has 1 fully saturated rings. The molecule has 1 unspecified atom stereocenters. The monoisotopic (exact) mass is 264 g/mol. The molecule has 1 atom stereocenters. The molecule has 1 saturated heterocycles. The predicted molar refractivity (Wildman–Crippen MR) is 72.4 cm³/mol. The number of carbonyl (C=O) groups excluding carboxylic acids is 1. The summed E-state index contributed by atoms with van der Waals surface area (Å²) >= 11 is 0. The molecule has 0 aliphatic carbocycles. The number of nitrogens with zero attached hydrogens (tertiary/aromatic N) is 2. The summed E-state index contributed by atoms with van der Waals surface area (Å²) in [4.78, 5) is 18.2. The second kappa shape index (κ2) is 5.54. The second-order valence-corrected chi connectivity index (χ2v) is 5.20. The summed E-state index contributed by atoms with van der Waals surface area (Å²) in [6.07, 6.45) is 2.11. The van der Waals surface area contributed by atoms with Crippen molar-refractivity contribution in [1.82, 2.24) is 9.88 Å². The van der Waals surface area contributed by atoms with E-state index in [1.54, 1.807) is 23.1 Å². The molecule has 0 aromatic carbocycles. The molecule has 19 heavy (non-hydrogen) atoms. The number of likely N-dealkylation sites (tertiary alicyclic amines) is 1. The summed E-state index contributed by atoms with van der Waals surface area (Å²) in [5.74, 6) is 5.64. The van der Waals surface area contributed by atoms with Crippen molar-refractivity contribution in [3.8, 4) is 0 Å². The van der Waals surface area contributed by atoms with Crippen molar-refractivity contribution >= 4 is 11.7 Å². The average Bonchev–Trinajstić information content (AvgIpc) is 2.59. The summed E-state index contributed by atoms with van der Waals surface area (Å²) in [7, 11) is 0. The fourth-order valence-corrected chi connectivity index (χ4v) is 2.26. The number of anilines is 1. The van der Waals surface area contributed by atoms with Crippen molar-refractivity contribution < 1.29 is 9.90 Å². The van der Waals surface area contributed by atoms with Crippen LogP contribution in [0.15, 0.2) is 18.2 Å². The first-order valence-electron chi connectivity index (χ1n) is 6.47. The number of amides is 1. The van der Waals surface area contributed by atoms with Gasteiger partial charge in [-0.25, -0.2) is 10.8 Å². The zero-order valence-corrected chi connectivity index (χ0v) is 11.1. The van der Waals surface area contributed by atoms with Crippen LogP contribution in [0.1, 0.15) is 36.7 Å². The molecule has 1 amide bonds. The molecule has 4 N–H and O–H groups in total. The van der Waals surface area contributed by atoms with E-state index < -0.39 is 5.60 Å². The molecule has 1 aliphatic rings. The van der Waals surface area contributed by atoms with Gasteiger partial charge in [-0.2, -0.15) is 0 Å². The maximum absolute atomic E-state index is 12.3. The van der Waals surface area contributed by atoms with Crippen LogP contribution in [0.3, 0.4) is 0 Å². The molecule has 2 rings (SSSR count). The summed E-state index contributed by atoms with van der Waals surface area (Å²) in [5.41, 5.74) is 2.12. The second-order valence-electron chi connectivity index (χ2n) is 5.20. The number of rotatable bonds is 2. The van der Waals surface area contributed by atoms with Crippen molar-refractivity contribution in [3.63, 3.8) is 0 Å². The molecule has 1 aromatic rings. The van der Waals surface area contributed by atoms with Gasteiger partial charge in [0.15, 0.2) is 0 Å². The number of hydrogen-bond donors (Lipinski definition) is 3. The Morgan fingerprint density at radius 2 is 2.26 bits per heavy atom. The number of pyridine rings is 1. The Labute approximate surface area is 112 Å². The maximum Gasteiger partial charge on any atom is 0.272 e. The average molecular weight is 264 g/mol. The third-order valence-electron chi connectivity index (χ3n) is 3.47. The fraction of sp³-hybridized carbons (Fsp3) is 0.538. The van der Waals surface area contributed by atoms with Crippen LogP contribution in [0.5, 0.6) is 0 Å². The first kappa shape index (κ1) is 13.8. The molecular weight excluding hydrogens is 244 g/mol. The topological polar surface area (TPSA) is 91.5 Å². The predicted octanol–water partition coefficient (Wildman–Crippen LogP) is 0.744. The highest BCUT2D eigenvalue weighted by molar-refractivity contribution is 5.92. The van der Waals surface area contributed by atoms with Crippen molar-refractivity contribution in [3.05, 3.63) is 23.9 Å². The summed E-state index contributed by atoms with van der Waals surface area (Å²) in [6.45, 7) is 3.02. The van der Waals surface area contributed by atoms with Gasteiger partial charge in [0.05, 0.1) is 5.60 Å². The van der Waals surface area contributed by atoms with Gasteiger partial charge >= 0.3 is 0 Å². The van der Waals surface area contributed by atoms with E-state index in [1.807, 2.05) is 6.92 Å². The molecule has 0 spiro atoms. The Balaban J connectivity index is 2.10. The Hall–Kier alpha value is -1.66. The molecular formula is C13H20N4O2. The number of nitrogens with one attached hydrogen (secondary N) is 1. The molecule has 6 heteroatoms. The number of carbonyl (C=O) groups is 1. The Morgan fingerprint density at radius 3 is 3.00 bits per heavy atom. The van der Waals surface area contributed by atoms with Crippen LogP contribution in [0.2, 0.25) is 0 Å². The fourth-order valence-electron chi connectivity index (χ4n) is 2.26. The van der Waals surface area contributed by atoms with E-state index in [9.17, 15) is 9.90 Å². The smallest absolute Gasteiger partial charge is 0.272 e. The molecule has 0 bridgehead atoms. The Morgan fingerprint density at radius 1 is 1.47 bits per heavy atom. The van der Waals surface area contributed by atoms with Gasteiger partial charge in [-0.15, -0.1) is 0 Å². The van der Waals surface area contributed by atoms with E-state index in [0.29, 0.717) is 37.4 Å². The SMILES string of the molecule is CC1(O)CCCN(C(=O)c2cccc(NN)n2)CC1. The van der Waals surface area contributed by atoms with Gasteiger partial charge < -0.3 is 15.4 Å². The van der Waals surface area contributed by atoms with Gasteiger partial charge in [0, 0.05) is 13.1 Å². The van der Waals surface area contributed by atoms with E-state index in [0.717, 1.165) is 6.42 Å². The van der Waals surface area contributed by atoms with Gasteiger partial charge in [-0.1, -0.05) is 6.07 Å². The number of aromatic nitrogens is 1. The van der Waals surface area contributed by atoms with Gasteiger partial charge in [0.25, 0.3) is 5.91 Å². The van der Waals surface area contributed by atoms with Gasteiger partial charge in [0.1, 0.15) is 11.5 Å². The quantitative estimate of drug-likeness (QED) is 0.541. The number of aliphatic hydroxyl groups is 1. The number of hydrogen-bond acceptors (Lipinski definition) is 5. The molecule has 0 saturated carbocycles. The minimum Gasteiger partial charge on any atom is -0.390 e. The lowest BCUT2D eigenvalue weighted by atomic mass is 9.98. The molecule has 1 aliphatic heterocycles. The molecule has 0 radical (unpaired) electrons. The zero-order valence-electron chi connectivity index (χ0n) is 11.1. The Kier molecular flexibility index (Phi) is 4.01. The first-order chi connectivity index (χ1) is 9.02. The van der Waals surface area contributed by atoms with Crippen LogP contribution in [0, 0.1) is 0 Å². The standard InChI is InChI=1S/C13H20N4O2/c1-13(19)6-3-8-17(9-7-13)12(18)10-4-2-5-11(15-10)16-14/h2,4-5,19H,3,6-9,14H2,1H3,(H,15,16). The number of nitrogens with two attached hydrogens (primary N) is 1. The lowest BCUT2D eigenvalue weighted by molar-refractivity contribution is 0.0437. The van der Waals surface area contributed by atoms with Crippen LogP contribution in [-0.2, 0) is 0 Å². The van der Waals surface area contributed by atoms with Crippen molar-refractivity contribution in [2.75, 3.05) is 18.5 Å². The maximum atomic E-state index is 12.3. The molecule has 2 heterocycles. The minimum atomic E-state index is -0.677. The van der Waals surface area contributed by atoms with Crippen LogP contribution >= 0.6 is 0 Å². The van der Waals surface area contributed by atoms with E-state index >= 15 is 0 Å². The molecule has 6 nitrogen and oxygen atoms in total. The highest BCUT2D eigenvalue weighted by atomic mass is 16.3. The minimum absolute atomic E-state index is 0.116. The van der Waals surface area contributed by atoms with Crippen molar-refractivity contribution in [2.24, 2.45) is 5.84 Å². The van der Waals surface area contributed by atoms with Crippen LogP contribution in [0.4, 0.5) is 5.82 Å². The van der Waals surface area contributed by atoms with Crippen molar-refractivity contribution in [1.29, 1.82) is 0 Å². The molecule has 104 valence electrons. The lowest BCUT2D eigenvalue weighted by Crippen LogP contribution is -2.34. The summed E-state index contributed by atoms with van der Waals surface area (Å²) in [5, 5.41) is 10.0. The highest BCUT2D eigenvalue weighted by Gasteiger charge is 2.27. The van der Waals surface area contributed by atoms with E-state index in [1.165, 1.54) is 0 Å². The van der Waals surface area contributed by atoms with Crippen LogP contribution in [-0.4, -0.2) is 39.6 Å². The summed E-state index contributed by atoms with van der Waals surface area (Å²) < 4.78 is 0. The third kappa shape index (κ3) is 3.42. The van der Waals surface area contributed by atoms with Crippen molar-refractivity contribution in [2.45, 2.75) is 31.8 Å². The van der Waals surface area contributed by atoms with Gasteiger partial charge in [-0.3, -0.25) is 4.79 Å². The third-order valence-corrected chi connectivity index (χ3v) is 3.47.